The standard InChI is InChI=1S/C10H6Cl2FN3/c11-6-1-2-8(7(13)3-6)16-10-4-9(12)14-5-15-10/h1-5H,(H,14,15,16). The van der Waals surface area contributed by atoms with Gasteiger partial charge in [-0.1, -0.05) is 23.2 Å². The summed E-state index contributed by atoms with van der Waals surface area (Å²) in [6, 6.07) is 5.81. The molecule has 16 heavy (non-hydrogen) atoms. The van der Waals surface area contributed by atoms with E-state index in [1.165, 1.54) is 24.5 Å². The molecule has 0 saturated carbocycles. The van der Waals surface area contributed by atoms with Crippen molar-refractivity contribution in [2.45, 2.75) is 0 Å². The highest BCUT2D eigenvalue weighted by Gasteiger charge is 2.04. The Morgan fingerprint density at radius 2 is 1.94 bits per heavy atom. The third-order valence-corrected chi connectivity index (χ3v) is 2.27. The predicted octanol–water partition coefficient (Wildman–Crippen LogP) is 3.67. The zero-order valence-corrected chi connectivity index (χ0v) is 9.43. The van der Waals surface area contributed by atoms with Crippen LogP contribution in [-0.4, -0.2) is 9.97 Å². The van der Waals surface area contributed by atoms with Crippen molar-refractivity contribution in [2.24, 2.45) is 0 Å². The van der Waals surface area contributed by atoms with Gasteiger partial charge < -0.3 is 5.32 Å². The summed E-state index contributed by atoms with van der Waals surface area (Å²) in [5, 5.41) is 3.39. The molecule has 0 bridgehead atoms. The molecule has 2 aromatic rings. The van der Waals surface area contributed by atoms with Crippen LogP contribution in [0.1, 0.15) is 0 Å². The summed E-state index contributed by atoms with van der Waals surface area (Å²) in [5.41, 5.74) is 0.277. The maximum absolute atomic E-state index is 13.4. The molecule has 0 aliphatic heterocycles. The Bertz CT molecular complexity index is 519. The Balaban J connectivity index is 2.27. The lowest BCUT2D eigenvalue weighted by Gasteiger charge is -2.06. The van der Waals surface area contributed by atoms with E-state index in [1.807, 2.05) is 0 Å². The van der Waals surface area contributed by atoms with Gasteiger partial charge in [0, 0.05) is 11.1 Å². The van der Waals surface area contributed by atoms with E-state index in [2.05, 4.69) is 15.3 Å². The van der Waals surface area contributed by atoms with Gasteiger partial charge in [-0.2, -0.15) is 0 Å². The number of aromatic nitrogens is 2. The number of hydrogen-bond donors (Lipinski definition) is 1. The van der Waals surface area contributed by atoms with Crippen molar-refractivity contribution in [3.05, 3.63) is 46.6 Å². The van der Waals surface area contributed by atoms with E-state index < -0.39 is 5.82 Å². The molecule has 0 spiro atoms. The van der Waals surface area contributed by atoms with E-state index in [4.69, 9.17) is 23.2 Å². The smallest absolute Gasteiger partial charge is 0.148 e. The molecule has 3 nitrogen and oxygen atoms in total. The summed E-state index contributed by atoms with van der Waals surface area (Å²) in [6.07, 6.45) is 1.29. The quantitative estimate of drug-likeness (QED) is 0.835. The molecular weight excluding hydrogens is 252 g/mol. The Morgan fingerprint density at radius 1 is 1.12 bits per heavy atom. The molecule has 0 unspecified atom stereocenters. The van der Waals surface area contributed by atoms with Gasteiger partial charge in [0.25, 0.3) is 0 Å². The molecular formula is C10H6Cl2FN3. The molecule has 2 rings (SSSR count). The SMILES string of the molecule is Fc1cc(Cl)ccc1Nc1cc(Cl)ncn1. The van der Waals surface area contributed by atoms with Crippen LogP contribution in [0.2, 0.25) is 10.2 Å². The molecule has 1 aromatic heterocycles. The second-order valence-corrected chi connectivity index (χ2v) is 3.80. The van der Waals surface area contributed by atoms with Crippen LogP contribution in [0.3, 0.4) is 0 Å². The second-order valence-electron chi connectivity index (χ2n) is 2.98. The Morgan fingerprint density at radius 3 is 2.62 bits per heavy atom. The van der Waals surface area contributed by atoms with Gasteiger partial charge in [-0.15, -0.1) is 0 Å². The van der Waals surface area contributed by atoms with Crippen molar-refractivity contribution < 1.29 is 4.39 Å². The second kappa shape index (κ2) is 4.63. The molecule has 0 radical (unpaired) electrons. The Kier molecular flexibility index (Phi) is 3.22. The van der Waals surface area contributed by atoms with Gasteiger partial charge in [-0.3, -0.25) is 0 Å². The van der Waals surface area contributed by atoms with Gasteiger partial charge in [0.1, 0.15) is 23.1 Å². The number of halogens is 3. The minimum atomic E-state index is -0.456. The van der Waals surface area contributed by atoms with Crippen molar-refractivity contribution >= 4 is 34.7 Å². The molecule has 0 saturated heterocycles. The molecule has 1 heterocycles. The van der Waals surface area contributed by atoms with Crippen LogP contribution < -0.4 is 5.32 Å². The lowest BCUT2D eigenvalue weighted by molar-refractivity contribution is 0.632. The van der Waals surface area contributed by atoms with Crippen molar-refractivity contribution in [1.82, 2.24) is 9.97 Å². The maximum Gasteiger partial charge on any atom is 0.148 e. The van der Waals surface area contributed by atoms with E-state index in [0.717, 1.165) is 0 Å². The summed E-state index contributed by atoms with van der Waals surface area (Å²) >= 11 is 11.3. The first kappa shape index (κ1) is 11.1. The molecule has 0 atom stereocenters. The summed E-state index contributed by atoms with van der Waals surface area (Å²) < 4.78 is 13.4. The summed E-state index contributed by atoms with van der Waals surface area (Å²) in [5.74, 6) is -0.0385. The fourth-order valence-corrected chi connectivity index (χ4v) is 1.44. The highest BCUT2D eigenvalue weighted by molar-refractivity contribution is 6.30. The van der Waals surface area contributed by atoms with Crippen LogP contribution in [0.15, 0.2) is 30.6 Å². The number of anilines is 2. The zero-order chi connectivity index (χ0) is 11.5. The fourth-order valence-electron chi connectivity index (χ4n) is 1.13. The lowest BCUT2D eigenvalue weighted by atomic mass is 10.3. The highest BCUT2D eigenvalue weighted by Crippen LogP contribution is 2.22. The van der Waals surface area contributed by atoms with Crippen LogP contribution in [0, 0.1) is 5.82 Å². The van der Waals surface area contributed by atoms with E-state index in [-0.39, 0.29) is 10.8 Å². The van der Waals surface area contributed by atoms with E-state index in [1.54, 1.807) is 6.07 Å². The van der Waals surface area contributed by atoms with Crippen LogP contribution >= 0.6 is 23.2 Å². The molecule has 1 N–H and O–H groups in total. The number of rotatable bonds is 2. The maximum atomic E-state index is 13.4. The van der Waals surface area contributed by atoms with E-state index in [0.29, 0.717) is 10.8 Å². The first-order chi connectivity index (χ1) is 7.65. The van der Waals surface area contributed by atoms with Crippen molar-refractivity contribution in [2.75, 3.05) is 5.32 Å². The Hall–Kier alpha value is -1.39. The first-order valence-electron chi connectivity index (χ1n) is 4.35. The summed E-state index contributed by atoms with van der Waals surface area (Å²) in [6.45, 7) is 0. The summed E-state index contributed by atoms with van der Waals surface area (Å²) in [4.78, 5) is 7.61. The van der Waals surface area contributed by atoms with Crippen LogP contribution in [0.5, 0.6) is 0 Å². The molecule has 82 valence electrons. The van der Waals surface area contributed by atoms with E-state index in [9.17, 15) is 4.39 Å². The fraction of sp³-hybridized carbons (Fsp3) is 0. The van der Waals surface area contributed by atoms with Crippen LogP contribution in [0.4, 0.5) is 15.9 Å². The third-order valence-electron chi connectivity index (χ3n) is 1.83. The Labute approximate surface area is 101 Å². The highest BCUT2D eigenvalue weighted by atomic mass is 35.5. The number of benzene rings is 1. The van der Waals surface area contributed by atoms with Gasteiger partial charge in [0.15, 0.2) is 0 Å². The van der Waals surface area contributed by atoms with Gasteiger partial charge in [-0.25, -0.2) is 14.4 Å². The monoisotopic (exact) mass is 257 g/mol. The average molecular weight is 258 g/mol. The van der Waals surface area contributed by atoms with Crippen molar-refractivity contribution in [3.63, 3.8) is 0 Å². The van der Waals surface area contributed by atoms with Crippen molar-refractivity contribution in [3.8, 4) is 0 Å². The molecule has 6 heteroatoms. The lowest BCUT2D eigenvalue weighted by Crippen LogP contribution is -1.96. The first-order valence-corrected chi connectivity index (χ1v) is 5.10. The molecule has 0 amide bonds. The minimum Gasteiger partial charge on any atom is -0.338 e. The van der Waals surface area contributed by atoms with Gasteiger partial charge >= 0.3 is 0 Å². The zero-order valence-electron chi connectivity index (χ0n) is 7.92. The van der Waals surface area contributed by atoms with Gasteiger partial charge in [-0.05, 0) is 18.2 Å². The van der Waals surface area contributed by atoms with Crippen LogP contribution in [0.25, 0.3) is 0 Å². The number of nitrogens with zero attached hydrogens (tertiary/aromatic N) is 2. The molecule has 0 aliphatic rings. The minimum absolute atomic E-state index is 0.277. The molecule has 1 aromatic carbocycles. The largest absolute Gasteiger partial charge is 0.338 e. The topological polar surface area (TPSA) is 37.8 Å². The summed E-state index contributed by atoms with van der Waals surface area (Å²) in [7, 11) is 0. The van der Waals surface area contributed by atoms with Gasteiger partial charge in [0.2, 0.25) is 0 Å². The third kappa shape index (κ3) is 2.59. The predicted molar refractivity (Wildman–Crippen MR) is 61.7 cm³/mol. The number of nitrogens with one attached hydrogen (secondary N) is 1. The average Bonchev–Trinajstić information content (AvgIpc) is 2.22. The number of hydrogen-bond acceptors (Lipinski definition) is 3. The van der Waals surface area contributed by atoms with E-state index >= 15 is 0 Å². The van der Waals surface area contributed by atoms with Gasteiger partial charge in [0.05, 0.1) is 5.69 Å². The van der Waals surface area contributed by atoms with Crippen molar-refractivity contribution in [1.29, 1.82) is 0 Å². The normalized spacial score (nSPS) is 10.2. The molecule has 0 fully saturated rings. The van der Waals surface area contributed by atoms with Crippen LogP contribution in [-0.2, 0) is 0 Å². The molecule has 0 aliphatic carbocycles.